The molecule has 1 amide bonds. The number of fused-ring (bicyclic) bond motifs is 4. The van der Waals surface area contributed by atoms with Crippen LogP contribution >= 0.6 is 0 Å². The van der Waals surface area contributed by atoms with E-state index < -0.39 is 28.4 Å². The summed E-state index contributed by atoms with van der Waals surface area (Å²) in [6.45, 7) is 11.1. The number of aliphatic hydroxyl groups is 1. The number of carbonyl (C=O) groups excluding carboxylic acids is 3. The van der Waals surface area contributed by atoms with Gasteiger partial charge in [-0.2, -0.15) is 0 Å². The Morgan fingerprint density at radius 1 is 1.03 bits per heavy atom. The molecule has 0 radical (unpaired) electrons. The van der Waals surface area contributed by atoms with Crippen molar-refractivity contribution < 1.29 is 24.2 Å². The van der Waals surface area contributed by atoms with Crippen LogP contribution in [0.25, 0.3) is 0 Å². The first-order valence-electron chi connectivity index (χ1n) is 14.4. The quantitative estimate of drug-likeness (QED) is 0.397. The van der Waals surface area contributed by atoms with Crippen LogP contribution in [0, 0.1) is 51.8 Å². The van der Waals surface area contributed by atoms with Gasteiger partial charge in [-0.25, -0.2) is 0 Å². The van der Waals surface area contributed by atoms with Crippen LogP contribution in [0.4, 0.5) is 0 Å². The summed E-state index contributed by atoms with van der Waals surface area (Å²) in [5, 5.41) is 14.3. The van der Waals surface area contributed by atoms with Crippen molar-refractivity contribution in [3.8, 4) is 5.75 Å². The van der Waals surface area contributed by atoms with Crippen LogP contribution in [0.5, 0.6) is 5.75 Å². The number of rotatable bonds is 0. The van der Waals surface area contributed by atoms with Crippen molar-refractivity contribution in [2.24, 2.45) is 51.8 Å². The van der Waals surface area contributed by atoms with E-state index in [1.807, 2.05) is 31.2 Å². The van der Waals surface area contributed by atoms with E-state index in [2.05, 4.69) is 39.1 Å². The lowest BCUT2D eigenvalue weighted by Gasteiger charge is -2.53. The molecule has 3 saturated carbocycles. The van der Waals surface area contributed by atoms with E-state index in [4.69, 9.17) is 4.74 Å². The van der Waals surface area contributed by atoms with E-state index in [1.54, 1.807) is 0 Å². The SMILES string of the molecule is CC1=C[C@]2(C)C(=O)C[C@]34C[C@](O)(Cc5ccc(cc5)O[C@H]5[C@@H]([C@@H]1[C@]1(C)C[C@H](C)C[C@H](C)[C@@H]51)[C@H]2C3=O)NC4=O. The zero-order chi connectivity index (χ0) is 27.0. The van der Waals surface area contributed by atoms with Gasteiger partial charge in [-0.3, -0.25) is 14.4 Å². The Bertz CT molecular complexity index is 1300. The second kappa shape index (κ2) is 7.38. The van der Waals surface area contributed by atoms with Crippen molar-refractivity contribution in [1.29, 1.82) is 0 Å². The molecule has 3 aliphatic heterocycles. The number of ketones is 2. The average Bonchev–Trinajstić information content (AvgIpc) is 3.21. The highest BCUT2D eigenvalue weighted by atomic mass is 16.5. The fraction of sp³-hybridized carbons (Fsp3) is 0.656. The Hall–Kier alpha value is -2.47. The number of allylic oxidation sites excluding steroid dienone is 2. The topological polar surface area (TPSA) is 92.7 Å². The molecule has 11 atom stereocenters. The maximum atomic E-state index is 14.8. The van der Waals surface area contributed by atoms with Crippen LogP contribution in [0.3, 0.4) is 0 Å². The van der Waals surface area contributed by atoms with Crippen molar-refractivity contribution in [3.63, 3.8) is 0 Å². The number of nitrogens with one attached hydrogen (secondary N) is 1. The van der Waals surface area contributed by atoms with E-state index in [1.165, 1.54) is 5.57 Å². The summed E-state index contributed by atoms with van der Waals surface area (Å²) in [7, 11) is 0. The Kier molecular flexibility index (Phi) is 4.77. The van der Waals surface area contributed by atoms with Crippen LogP contribution in [-0.4, -0.2) is 34.4 Å². The molecule has 6 nitrogen and oxygen atoms in total. The lowest BCUT2D eigenvalue weighted by atomic mass is 9.47. The molecule has 0 aromatic heterocycles. The lowest BCUT2D eigenvalue weighted by Crippen LogP contribution is -2.61. The second-order valence-corrected chi connectivity index (χ2v) is 14.4. The monoisotopic (exact) mass is 517 g/mol. The Morgan fingerprint density at radius 2 is 1.74 bits per heavy atom. The van der Waals surface area contributed by atoms with Crippen molar-refractivity contribution in [2.45, 2.75) is 78.6 Å². The Labute approximate surface area is 224 Å². The molecule has 5 bridgehead atoms. The summed E-state index contributed by atoms with van der Waals surface area (Å²) < 4.78 is 6.94. The maximum Gasteiger partial charge on any atom is 0.236 e. The summed E-state index contributed by atoms with van der Waals surface area (Å²) in [5.74, 6) is 0.380. The van der Waals surface area contributed by atoms with Gasteiger partial charge in [-0.15, -0.1) is 0 Å². The summed E-state index contributed by atoms with van der Waals surface area (Å²) in [4.78, 5) is 42.6. The van der Waals surface area contributed by atoms with Gasteiger partial charge in [0.15, 0.2) is 5.78 Å². The highest BCUT2D eigenvalue weighted by Gasteiger charge is 2.74. The van der Waals surface area contributed by atoms with Gasteiger partial charge in [0.05, 0.1) is 5.41 Å². The largest absolute Gasteiger partial charge is 0.490 e. The smallest absolute Gasteiger partial charge is 0.236 e. The summed E-state index contributed by atoms with van der Waals surface area (Å²) in [6, 6.07) is 7.78. The highest BCUT2D eigenvalue weighted by Crippen LogP contribution is 2.70. The molecule has 8 rings (SSSR count). The number of ether oxygens (including phenoxy) is 1. The zero-order valence-electron chi connectivity index (χ0n) is 23.0. The predicted octanol–water partition coefficient (Wildman–Crippen LogP) is 4.24. The molecule has 1 saturated heterocycles. The molecule has 7 aliphatic rings. The number of carbonyl (C=O) groups is 3. The van der Waals surface area contributed by atoms with Gasteiger partial charge in [0.1, 0.15) is 28.8 Å². The molecule has 202 valence electrons. The van der Waals surface area contributed by atoms with Crippen LogP contribution in [0.15, 0.2) is 35.9 Å². The minimum absolute atomic E-state index is 0.0719. The molecule has 6 heteroatoms. The average molecular weight is 518 g/mol. The molecular weight excluding hydrogens is 478 g/mol. The molecule has 3 heterocycles. The number of benzene rings is 1. The number of hydrogen-bond acceptors (Lipinski definition) is 5. The number of hydrogen-bond donors (Lipinski definition) is 2. The number of amides is 1. The van der Waals surface area contributed by atoms with Crippen LogP contribution in [0.1, 0.15) is 65.9 Å². The van der Waals surface area contributed by atoms with Gasteiger partial charge < -0.3 is 15.2 Å². The summed E-state index contributed by atoms with van der Waals surface area (Å²) in [5.41, 5.74) is -2.16. The van der Waals surface area contributed by atoms with Crippen molar-refractivity contribution >= 4 is 17.5 Å². The summed E-state index contributed by atoms with van der Waals surface area (Å²) >= 11 is 0. The lowest BCUT2D eigenvalue weighted by molar-refractivity contribution is -0.163. The molecule has 2 N–H and O–H groups in total. The van der Waals surface area contributed by atoms with Gasteiger partial charge in [-0.1, -0.05) is 44.6 Å². The first-order chi connectivity index (χ1) is 17.8. The van der Waals surface area contributed by atoms with Gasteiger partial charge >= 0.3 is 0 Å². The highest BCUT2D eigenvalue weighted by molar-refractivity contribution is 6.16. The van der Waals surface area contributed by atoms with Crippen molar-refractivity contribution in [1.82, 2.24) is 5.32 Å². The minimum atomic E-state index is -1.57. The van der Waals surface area contributed by atoms with Crippen molar-refractivity contribution in [2.75, 3.05) is 0 Å². The first kappa shape index (κ1) is 24.6. The van der Waals surface area contributed by atoms with E-state index >= 15 is 0 Å². The van der Waals surface area contributed by atoms with E-state index in [-0.39, 0.29) is 60.1 Å². The van der Waals surface area contributed by atoms with Gasteiger partial charge in [0.25, 0.3) is 0 Å². The second-order valence-electron chi connectivity index (χ2n) is 14.4. The minimum Gasteiger partial charge on any atom is -0.490 e. The third kappa shape index (κ3) is 2.90. The Balaban J connectivity index is 1.50. The standard InChI is InChI=1S/C32H39NO5/c1-16-10-17(2)24-26-22-23(30(24,5)11-16)18(3)12-29(4)21(34)14-31(27(35)25(22)29)15-32(37,33-28(31)36)13-19-6-8-20(38-26)9-7-19/h6-9,12,16-17,22-26,37H,10-11,13-15H2,1-5H3,(H,33,36)/t16-,17+,22+,23-,24+,25+,26+,29-,30+,31+,32-/m1/s1. The molecule has 4 fully saturated rings. The van der Waals surface area contributed by atoms with Gasteiger partial charge in [-0.05, 0) is 67.6 Å². The molecule has 38 heavy (non-hydrogen) atoms. The van der Waals surface area contributed by atoms with Gasteiger partial charge in [0, 0.05) is 37.0 Å². The first-order valence-corrected chi connectivity index (χ1v) is 14.4. The molecule has 4 aliphatic carbocycles. The zero-order valence-corrected chi connectivity index (χ0v) is 23.0. The molecular formula is C32H39NO5. The predicted molar refractivity (Wildman–Crippen MR) is 141 cm³/mol. The van der Waals surface area contributed by atoms with Crippen LogP contribution in [-0.2, 0) is 20.8 Å². The molecule has 1 aromatic carbocycles. The molecule has 1 spiro atoms. The summed E-state index contributed by atoms with van der Waals surface area (Å²) in [6.07, 6.45) is 3.92. The van der Waals surface area contributed by atoms with Crippen LogP contribution < -0.4 is 10.1 Å². The van der Waals surface area contributed by atoms with Crippen LogP contribution in [0.2, 0.25) is 0 Å². The van der Waals surface area contributed by atoms with E-state index in [0.717, 1.165) is 24.2 Å². The third-order valence-electron chi connectivity index (χ3n) is 11.7. The Morgan fingerprint density at radius 3 is 2.45 bits per heavy atom. The van der Waals surface area contributed by atoms with Gasteiger partial charge in [0.2, 0.25) is 5.91 Å². The molecule has 1 aromatic rings. The van der Waals surface area contributed by atoms with E-state index in [0.29, 0.717) is 11.8 Å². The fourth-order valence-electron chi connectivity index (χ4n) is 10.8. The third-order valence-corrected chi connectivity index (χ3v) is 11.7. The maximum absolute atomic E-state index is 14.8. The normalized spacial score (nSPS) is 50.7. The fourth-order valence-corrected chi connectivity index (χ4v) is 10.8. The van der Waals surface area contributed by atoms with Crippen molar-refractivity contribution in [3.05, 3.63) is 41.5 Å². The van der Waals surface area contributed by atoms with E-state index in [9.17, 15) is 19.5 Å². The molecule has 0 unspecified atom stereocenters. The number of Topliss-reactive ketones (excluding diaryl/α,β-unsaturated/α-hetero) is 2.